The Kier molecular flexibility index (Phi) is 5.59. The molecule has 1 atom stereocenters. The van der Waals surface area contributed by atoms with Crippen molar-refractivity contribution >= 4 is 51.3 Å². The second-order valence-corrected chi connectivity index (χ2v) is 8.09. The van der Waals surface area contributed by atoms with Crippen molar-refractivity contribution < 1.29 is 9.53 Å². The molecule has 10 heteroatoms. The zero-order valence-electron chi connectivity index (χ0n) is 15.8. The van der Waals surface area contributed by atoms with E-state index in [0.29, 0.717) is 22.7 Å². The van der Waals surface area contributed by atoms with Crippen LogP contribution in [0.4, 0.5) is 0 Å². The largest absolute Gasteiger partial charge is 0.497 e. The fourth-order valence-corrected chi connectivity index (χ4v) is 4.20. The first-order valence-electron chi connectivity index (χ1n) is 9.00. The van der Waals surface area contributed by atoms with Gasteiger partial charge in [0.1, 0.15) is 16.3 Å². The summed E-state index contributed by atoms with van der Waals surface area (Å²) < 4.78 is 5.25. The average molecular weight is 431 g/mol. The Morgan fingerprint density at radius 2 is 2.21 bits per heavy atom. The summed E-state index contributed by atoms with van der Waals surface area (Å²) in [7, 11) is 1.65. The summed E-state index contributed by atoms with van der Waals surface area (Å²) in [5, 5.41) is 4.47. The molecule has 3 N–H and O–H groups in total. The van der Waals surface area contributed by atoms with Crippen LogP contribution in [0, 0.1) is 0 Å². The summed E-state index contributed by atoms with van der Waals surface area (Å²) in [5.41, 5.74) is 3.31. The third kappa shape index (κ3) is 4.15. The molecular formula is C19H19ClN6O2S. The molecule has 0 saturated carbocycles. The van der Waals surface area contributed by atoms with E-state index < -0.39 is 0 Å². The quantitative estimate of drug-likeness (QED) is 0.236. The first-order chi connectivity index (χ1) is 14.0. The van der Waals surface area contributed by atoms with Gasteiger partial charge in [0, 0.05) is 29.7 Å². The number of aromatic nitrogens is 5. The van der Waals surface area contributed by atoms with Crippen molar-refractivity contribution in [3.05, 3.63) is 41.6 Å². The number of amides is 1. The van der Waals surface area contributed by atoms with Gasteiger partial charge in [-0.1, -0.05) is 11.8 Å². The first-order valence-corrected chi connectivity index (χ1v) is 10.3. The SMILES string of the molecule is COc1ccc2c(CCNC(=O)[C@@H](C)Sc3nc(Cl)nc4nc[nH]c34)c[nH]c2c1. The van der Waals surface area contributed by atoms with Crippen LogP contribution in [-0.2, 0) is 11.2 Å². The maximum absolute atomic E-state index is 12.5. The van der Waals surface area contributed by atoms with Crippen molar-refractivity contribution in [3.8, 4) is 5.75 Å². The Morgan fingerprint density at radius 3 is 3.03 bits per heavy atom. The fourth-order valence-electron chi connectivity index (χ4n) is 3.05. The minimum absolute atomic E-state index is 0.0705. The predicted molar refractivity (Wildman–Crippen MR) is 114 cm³/mol. The summed E-state index contributed by atoms with van der Waals surface area (Å²) in [6.07, 6.45) is 4.22. The number of fused-ring (bicyclic) bond motifs is 2. The average Bonchev–Trinajstić information content (AvgIpc) is 3.34. The highest BCUT2D eigenvalue weighted by molar-refractivity contribution is 8.00. The van der Waals surface area contributed by atoms with Gasteiger partial charge in [-0.05, 0) is 42.6 Å². The second kappa shape index (κ2) is 8.30. The monoisotopic (exact) mass is 430 g/mol. The van der Waals surface area contributed by atoms with Crippen LogP contribution in [0.2, 0.25) is 5.28 Å². The number of thioether (sulfide) groups is 1. The van der Waals surface area contributed by atoms with E-state index in [9.17, 15) is 4.79 Å². The zero-order valence-corrected chi connectivity index (χ0v) is 17.4. The van der Waals surface area contributed by atoms with E-state index in [0.717, 1.165) is 28.6 Å². The number of methoxy groups -OCH3 is 1. The first kappa shape index (κ1) is 19.5. The molecule has 0 radical (unpaired) electrons. The van der Waals surface area contributed by atoms with Crippen molar-refractivity contribution in [3.63, 3.8) is 0 Å². The highest BCUT2D eigenvalue weighted by Gasteiger charge is 2.18. The molecule has 0 bridgehead atoms. The van der Waals surface area contributed by atoms with Gasteiger partial charge in [-0.15, -0.1) is 0 Å². The van der Waals surface area contributed by atoms with E-state index in [-0.39, 0.29) is 16.4 Å². The maximum Gasteiger partial charge on any atom is 0.233 e. The van der Waals surface area contributed by atoms with E-state index in [1.807, 2.05) is 31.3 Å². The van der Waals surface area contributed by atoms with Crippen molar-refractivity contribution in [1.29, 1.82) is 0 Å². The molecule has 0 unspecified atom stereocenters. The van der Waals surface area contributed by atoms with Crippen LogP contribution in [0.1, 0.15) is 12.5 Å². The van der Waals surface area contributed by atoms with Gasteiger partial charge in [-0.25, -0.2) is 9.97 Å². The molecular weight excluding hydrogens is 412 g/mol. The van der Waals surface area contributed by atoms with Crippen molar-refractivity contribution in [2.24, 2.45) is 0 Å². The summed E-state index contributed by atoms with van der Waals surface area (Å²) >= 11 is 7.27. The summed E-state index contributed by atoms with van der Waals surface area (Å²) in [6, 6.07) is 5.91. The van der Waals surface area contributed by atoms with Crippen molar-refractivity contribution in [2.75, 3.05) is 13.7 Å². The van der Waals surface area contributed by atoms with Gasteiger partial charge in [-0.2, -0.15) is 4.98 Å². The molecule has 3 aromatic heterocycles. The third-order valence-corrected chi connectivity index (χ3v) is 5.81. The Bertz CT molecular complexity index is 1170. The predicted octanol–water partition coefficient (Wildman–Crippen LogP) is 3.34. The van der Waals surface area contributed by atoms with Crippen LogP contribution in [-0.4, -0.2) is 49.7 Å². The lowest BCUT2D eigenvalue weighted by Gasteiger charge is -2.12. The number of nitrogens with zero attached hydrogens (tertiary/aromatic N) is 3. The number of hydrogen-bond acceptors (Lipinski definition) is 6. The van der Waals surface area contributed by atoms with Gasteiger partial charge in [0.25, 0.3) is 0 Å². The van der Waals surface area contributed by atoms with E-state index in [1.165, 1.54) is 18.1 Å². The number of carbonyl (C=O) groups excluding carboxylic acids is 1. The standard InChI is InChI=1S/C19H19ClN6O2S/c1-10(29-18-15-16(24-9-23-15)25-19(20)26-18)17(27)21-6-5-11-8-22-14-7-12(28-2)3-4-13(11)14/h3-4,7-10,22H,5-6H2,1-2H3,(H,21,27)(H,23,24,25,26)/t10-/m1/s1. The van der Waals surface area contributed by atoms with Gasteiger partial charge < -0.3 is 20.0 Å². The Morgan fingerprint density at radius 1 is 1.34 bits per heavy atom. The maximum atomic E-state index is 12.5. The highest BCUT2D eigenvalue weighted by atomic mass is 35.5. The number of hydrogen-bond donors (Lipinski definition) is 3. The van der Waals surface area contributed by atoms with Gasteiger partial charge in [0.2, 0.25) is 11.2 Å². The lowest BCUT2D eigenvalue weighted by atomic mass is 10.1. The molecule has 29 heavy (non-hydrogen) atoms. The molecule has 3 heterocycles. The third-order valence-electron chi connectivity index (χ3n) is 4.55. The van der Waals surface area contributed by atoms with Gasteiger partial charge in [0.05, 0.1) is 18.7 Å². The van der Waals surface area contributed by atoms with E-state index in [2.05, 4.69) is 30.2 Å². The number of imidazole rings is 1. The molecule has 4 rings (SSSR count). The minimum atomic E-state index is -0.348. The Balaban J connectivity index is 1.36. The molecule has 0 aliphatic carbocycles. The molecule has 0 fully saturated rings. The molecule has 0 saturated heterocycles. The number of halogens is 1. The van der Waals surface area contributed by atoms with Crippen molar-refractivity contribution in [2.45, 2.75) is 23.6 Å². The number of H-pyrrole nitrogens is 2. The number of rotatable bonds is 7. The van der Waals surface area contributed by atoms with Crippen LogP contribution in [0.3, 0.4) is 0 Å². The number of ether oxygens (including phenoxy) is 1. The second-order valence-electron chi connectivity index (χ2n) is 6.43. The zero-order chi connectivity index (χ0) is 20.4. The topological polar surface area (TPSA) is 109 Å². The van der Waals surface area contributed by atoms with Crippen LogP contribution in [0.5, 0.6) is 5.75 Å². The van der Waals surface area contributed by atoms with Crippen molar-refractivity contribution in [1.82, 2.24) is 30.2 Å². The van der Waals surface area contributed by atoms with E-state index >= 15 is 0 Å². The molecule has 0 spiro atoms. The lowest BCUT2D eigenvalue weighted by Crippen LogP contribution is -2.32. The Hall–Kier alpha value is -2.78. The normalized spacial score (nSPS) is 12.4. The number of nitrogens with one attached hydrogen (secondary N) is 3. The summed E-state index contributed by atoms with van der Waals surface area (Å²) in [5.74, 6) is 0.736. The van der Waals surface area contributed by atoms with Gasteiger partial charge >= 0.3 is 0 Å². The van der Waals surface area contributed by atoms with Gasteiger partial charge in [0.15, 0.2) is 5.65 Å². The minimum Gasteiger partial charge on any atom is -0.497 e. The number of carbonyl (C=O) groups is 1. The summed E-state index contributed by atoms with van der Waals surface area (Å²) in [4.78, 5) is 31.1. The van der Waals surface area contributed by atoms with Crippen LogP contribution >= 0.6 is 23.4 Å². The molecule has 8 nitrogen and oxygen atoms in total. The lowest BCUT2D eigenvalue weighted by molar-refractivity contribution is -0.120. The van der Waals surface area contributed by atoms with Crippen LogP contribution in [0.15, 0.2) is 35.7 Å². The highest BCUT2D eigenvalue weighted by Crippen LogP contribution is 2.28. The van der Waals surface area contributed by atoms with E-state index in [1.54, 1.807) is 7.11 Å². The molecule has 0 aliphatic heterocycles. The molecule has 1 aromatic carbocycles. The number of benzene rings is 1. The summed E-state index contributed by atoms with van der Waals surface area (Å²) in [6.45, 7) is 2.36. The van der Waals surface area contributed by atoms with Crippen LogP contribution in [0.25, 0.3) is 22.1 Å². The van der Waals surface area contributed by atoms with E-state index in [4.69, 9.17) is 16.3 Å². The Labute approximate surface area is 175 Å². The molecule has 150 valence electrons. The molecule has 4 aromatic rings. The fraction of sp³-hybridized carbons (Fsp3) is 0.263. The van der Waals surface area contributed by atoms with Crippen LogP contribution < -0.4 is 10.1 Å². The number of aromatic amines is 2. The van der Waals surface area contributed by atoms with Gasteiger partial charge in [-0.3, -0.25) is 4.79 Å². The molecule has 0 aliphatic rings. The smallest absolute Gasteiger partial charge is 0.233 e. The molecule has 1 amide bonds.